The fourth-order valence-corrected chi connectivity index (χ4v) is 2.13. The molecule has 4 heteroatoms. The van der Waals surface area contributed by atoms with Crippen LogP contribution < -0.4 is 10.6 Å². The van der Waals surface area contributed by atoms with Crippen molar-refractivity contribution in [1.29, 1.82) is 0 Å². The molecule has 1 atom stereocenters. The van der Waals surface area contributed by atoms with Gasteiger partial charge in [0.25, 0.3) is 0 Å². The average Bonchev–Trinajstić information content (AvgIpc) is 2.72. The lowest BCUT2D eigenvalue weighted by atomic mass is 10.2. The van der Waals surface area contributed by atoms with Crippen molar-refractivity contribution in [3.63, 3.8) is 0 Å². The summed E-state index contributed by atoms with van der Waals surface area (Å²) in [5.74, 6) is 1.86. The molecule has 0 aromatic carbocycles. The van der Waals surface area contributed by atoms with E-state index >= 15 is 0 Å². The first kappa shape index (κ1) is 11.2. The van der Waals surface area contributed by atoms with E-state index < -0.39 is 0 Å². The lowest BCUT2D eigenvalue weighted by Gasteiger charge is -2.20. The molecule has 1 aliphatic heterocycles. The van der Waals surface area contributed by atoms with Gasteiger partial charge in [-0.2, -0.15) is 0 Å². The number of likely N-dealkylation sites (N-methyl/N-ethyl adjacent to an activating group) is 1. The maximum Gasteiger partial charge on any atom is 0.128 e. The highest BCUT2D eigenvalue weighted by Gasteiger charge is 2.20. The molecule has 1 aliphatic rings. The van der Waals surface area contributed by atoms with E-state index in [0.29, 0.717) is 6.04 Å². The highest BCUT2D eigenvalue weighted by molar-refractivity contribution is 5.44. The van der Waals surface area contributed by atoms with E-state index in [1.807, 2.05) is 25.2 Å². The Labute approximate surface area is 97.1 Å². The van der Waals surface area contributed by atoms with Crippen molar-refractivity contribution in [2.75, 3.05) is 37.8 Å². The normalized spacial score (nSPS) is 21.0. The second-order valence-electron chi connectivity index (χ2n) is 4.32. The molecular formula is C12H20N4. The second-order valence-corrected chi connectivity index (χ2v) is 4.32. The Hall–Kier alpha value is -1.29. The van der Waals surface area contributed by atoms with Crippen LogP contribution in [0.1, 0.15) is 12.8 Å². The van der Waals surface area contributed by atoms with E-state index in [0.717, 1.165) is 18.2 Å². The molecule has 0 amide bonds. The van der Waals surface area contributed by atoms with E-state index in [4.69, 9.17) is 0 Å². The maximum atomic E-state index is 4.44. The van der Waals surface area contributed by atoms with Crippen molar-refractivity contribution in [2.24, 2.45) is 0 Å². The summed E-state index contributed by atoms with van der Waals surface area (Å²) in [5, 5.41) is 6.44. The van der Waals surface area contributed by atoms with Crippen molar-refractivity contribution in [3.8, 4) is 0 Å². The van der Waals surface area contributed by atoms with Gasteiger partial charge in [-0.05, 0) is 38.6 Å². The number of anilines is 2. The number of aromatic nitrogens is 1. The highest BCUT2D eigenvalue weighted by atomic mass is 15.2. The Bertz CT molecular complexity index is 340. The van der Waals surface area contributed by atoms with Crippen molar-refractivity contribution in [1.82, 2.24) is 9.88 Å². The van der Waals surface area contributed by atoms with Gasteiger partial charge in [0.1, 0.15) is 11.6 Å². The fraction of sp³-hybridized carbons (Fsp3) is 0.583. The van der Waals surface area contributed by atoms with Crippen LogP contribution in [-0.2, 0) is 0 Å². The Morgan fingerprint density at radius 2 is 2.25 bits per heavy atom. The standard InChI is InChI=1S/C12H20N4/c1-13-11-6-3-7-12(15-11)14-9-10-5-4-8-16(10)2/h3,6-7,10H,4-5,8-9H2,1-2H3,(H2,13,14,15). The Morgan fingerprint density at radius 1 is 1.44 bits per heavy atom. The van der Waals surface area contributed by atoms with Crippen LogP contribution in [0.5, 0.6) is 0 Å². The lowest BCUT2D eigenvalue weighted by Crippen LogP contribution is -2.31. The average molecular weight is 220 g/mol. The highest BCUT2D eigenvalue weighted by Crippen LogP contribution is 2.15. The first-order chi connectivity index (χ1) is 7.79. The summed E-state index contributed by atoms with van der Waals surface area (Å²) in [6, 6.07) is 6.64. The van der Waals surface area contributed by atoms with Crippen molar-refractivity contribution >= 4 is 11.6 Å². The summed E-state index contributed by atoms with van der Waals surface area (Å²) < 4.78 is 0. The molecule has 0 aliphatic carbocycles. The zero-order valence-electron chi connectivity index (χ0n) is 10.0. The van der Waals surface area contributed by atoms with Crippen LogP contribution in [0, 0.1) is 0 Å². The third-order valence-electron chi connectivity index (χ3n) is 3.20. The number of hydrogen-bond donors (Lipinski definition) is 2. The molecule has 0 saturated carbocycles. The maximum absolute atomic E-state index is 4.44. The predicted molar refractivity (Wildman–Crippen MR) is 67.9 cm³/mol. The van der Waals surface area contributed by atoms with Crippen LogP contribution in [0.4, 0.5) is 11.6 Å². The third kappa shape index (κ3) is 2.64. The molecule has 1 aromatic heterocycles. The molecule has 2 rings (SSSR count). The molecule has 0 radical (unpaired) electrons. The minimum atomic E-state index is 0.653. The molecule has 1 saturated heterocycles. The van der Waals surface area contributed by atoms with E-state index in [-0.39, 0.29) is 0 Å². The molecule has 88 valence electrons. The number of pyridine rings is 1. The monoisotopic (exact) mass is 220 g/mol. The predicted octanol–water partition coefficient (Wildman–Crippen LogP) is 1.63. The summed E-state index contributed by atoms with van der Waals surface area (Å²) in [6.07, 6.45) is 2.60. The first-order valence-corrected chi connectivity index (χ1v) is 5.88. The van der Waals surface area contributed by atoms with Gasteiger partial charge in [0.15, 0.2) is 0 Å². The molecule has 1 aromatic rings. The summed E-state index contributed by atoms with van der Waals surface area (Å²) in [4.78, 5) is 6.85. The SMILES string of the molecule is CNc1cccc(NCC2CCCN2C)n1. The van der Waals surface area contributed by atoms with Crippen molar-refractivity contribution < 1.29 is 0 Å². The second kappa shape index (κ2) is 5.16. The summed E-state index contributed by atoms with van der Waals surface area (Å²) in [7, 11) is 4.08. The van der Waals surface area contributed by atoms with Gasteiger partial charge in [0.2, 0.25) is 0 Å². The van der Waals surface area contributed by atoms with Gasteiger partial charge in [0.05, 0.1) is 0 Å². The lowest BCUT2D eigenvalue weighted by molar-refractivity contribution is 0.322. The van der Waals surface area contributed by atoms with Gasteiger partial charge in [-0.1, -0.05) is 6.07 Å². The first-order valence-electron chi connectivity index (χ1n) is 5.88. The number of likely N-dealkylation sites (tertiary alicyclic amines) is 1. The summed E-state index contributed by atoms with van der Waals surface area (Å²) in [6.45, 7) is 2.20. The minimum Gasteiger partial charge on any atom is -0.373 e. The molecule has 0 bridgehead atoms. The van der Waals surface area contributed by atoms with Gasteiger partial charge in [0, 0.05) is 19.6 Å². The quantitative estimate of drug-likeness (QED) is 0.809. The van der Waals surface area contributed by atoms with Gasteiger partial charge in [-0.25, -0.2) is 4.98 Å². The molecule has 16 heavy (non-hydrogen) atoms. The molecule has 0 spiro atoms. The smallest absolute Gasteiger partial charge is 0.128 e. The number of nitrogens with zero attached hydrogens (tertiary/aromatic N) is 2. The molecule has 2 heterocycles. The Balaban J connectivity index is 1.88. The summed E-state index contributed by atoms with van der Waals surface area (Å²) in [5.41, 5.74) is 0. The van der Waals surface area contributed by atoms with Crippen LogP contribution in [0.15, 0.2) is 18.2 Å². The van der Waals surface area contributed by atoms with Crippen LogP contribution >= 0.6 is 0 Å². The van der Waals surface area contributed by atoms with E-state index in [2.05, 4.69) is 27.6 Å². The third-order valence-corrected chi connectivity index (χ3v) is 3.20. The molecule has 4 nitrogen and oxygen atoms in total. The van der Waals surface area contributed by atoms with Gasteiger partial charge in [-0.3, -0.25) is 0 Å². The number of rotatable bonds is 4. The van der Waals surface area contributed by atoms with Crippen LogP contribution in [0.2, 0.25) is 0 Å². The van der Waals surface area contributed by atoms with Gasteiger partial charge >= 0.3 is 0 Å². The van der Waals surface area contributed by atoms with Crippen LogP contribution in [0.3, 0.4) is 0 Å². The van der Waals surface area contributed by atoms with Crippen LogP contribution in [0.25, 0.3) is 0 Å². The molecule has 1 unspecified atom stereocenters. The Kier molecular flexibility index (Phi) is 3.62. The van der Waals surface area contributed by atoms with Crippen LogP contribution in [-0.4, -0.2) is 43.1 Å². The van der Waals surface area contributed by atoms with E-state index in [1.54, 1.807) is 0 Å². The van der Waals surface area contributed by atoms with Crippen molar-refractivity contribution in [3.05, 3.63) is 18.2 Å². The topological polar surface area (TPSA) is 40.2 Å². The molecule has 1 fully saturated rings. The zero-order chi connectivity index (χ0) is 11.4. The van der Waals surface area contributed by atoms with Crippen molar-refractivity contribution in [2.45, 2.75) is 18.9 Å². The molecule has 2 N–H and O–H groups in total. The summed E-state index contributed by atoms with van der Waals surface area (Å²) >= 11 is 0. The number of nitrogens with one attached hydrogen (secondary N) is 2. The van der Waals surface area contributed by atoms with Gasteiger partial charge in [-0.15, -0.1) is 0 Å². The number of hydrogen-bond acceptors (Lipinski definition) is 4. The van der Waals surface area contributed by atoms with Gasteiger partial charge < -0.3 is 15.5 Å². The largest absolute Gasteiger partial charge is 0.373 e. The minimum absolute atomic E-state index is 0.653. The zero-order valence-corrected chi connectivity index (χ0v) is 10.0. The fourth-order valence-electron chi connectivity index (χ4n) is 2.13. The Morgan fingerprint density at radius 3 is 2.94 bits per heavy atom. The molecular weight excluding hydrogens is 200 g/mol. The van der Waals surface area contributed by atoms with E-state index in [1.165, 1.54) is 19.4 Å². The van der Waals surface area contributed by atoms with E-state index in [9.17, 15) is 0 Å².